The van der Waals surface area contributed by atoms with E-state index in [9.17, 15) is 14.4 Å². The fourth-order valence-electron chi connectivity index (χ4n) is 3.37. The minimum absolute atomic E-state index is 0.0297. The zero-order chi connectivity index (χ0) is 19.7. The van der Waals surface area contributed by atoms with Gasteiger partial charge in [0.2, 0.25) is 0 Å². The Bertz CT molecular complexity index is 1140. The summed E-state index contributed by atoms with van der Waals surface area (Å²) >= 11 is 0. The number of carbonyl (C=O) groups excluding carboxylic acids is 1. The van der Waals surface area contributed by atoms with Crippen LogP contribution in [0.1, 0.15) is 12.0 Å². The van der Waals surface area contributed by atoms with Gasteiger partial charge in [-0.15, -0.1) is 0 Å². The van der Waals surface area contributed by atoms with E-state index in [0.29, 0.717) is 5.57 Å². The van der Waals surface area contributed by atoms with Crippen molar-refractivity contribution in [1.29, 1.82) is 0 Å². The van der Waals surface area contributed by atoms with Crippen LogP contribution in [-0.4, -0.2) is 20.7 Å². The third-order valence-electron chi connectivity index (χ3n) is 4.78. The Balaban J connectivity index is 1.74. The van der Waals surface area contributed by atoms with E-state index in [4.69, 9.17) is 4.74 Å². The largest absolute Gasteiger partial charge is 0.448 e. The van der Waals surface area contributed by atoms with Crippen LogP contribution in [0.2, 0.25) is 0 Å². The highest BCUT2D eigenvalue weighted by atomic mass is 16.6. The van der Waals surface area contributed by atoms with E-state index < -0.39 is 22.8 Å². The van der Waals surface area contributed by atoms with Crippen molar-refractivity contribution in [2.45, 2.75) is 18.6 Å². The number of aromatic amines is 1. The van der Waals surface area contributed by atoms with Gasteiger partial charge >= 0.3 is 11.7 Å². The molecule has 1 saturated heterocycles. The highest BCUT2D eigenvalue weighted by Crippen LogP contribution is 2.40. The summed E-state index contributed by atoms with van der Waals surface area (Å²) in [5, 5.41) is 3.87. The van der Waals surface area contributed by atoms with E-state index in [1.807, 2.05) is 54.6 Å². The number of aromatic nitrogens is 3. The molecule has 7 nitrogen and oxygen atoms in total. The highest BCUT2D eigenvalue weighted by Gasteiger charge is 2.45. The molecule has 1 aromatic heterocycles. The van der Waals surface area contributed by atoms with Crippen LogP contribution >= 0.6 is 0 Å². The third kappa shape index (κ3) is 3.18. The Labute approximate surface area is 159 Å². The number of nitrogens with one attached hydrogen (secondary N) is 1. The summed E-state index contributed by atoms with van der Waals surface area (Å²) in [7, 11) is 0. The number of nitrogens with zero attached hydrogens (tertiary/aromatic N) is 2. The summed E-state index contributed by atoms with van der Waals surface area (Å²) in [6, 6.07) is 17.5. The lowest BCUT2D eigenvalue weighted by Gasteiger charge is -2.28. The SMILES string of the molecule is C=C1CC(Cn2ncc(=O)[nH]c2=O)(c2ccc(-c3ccccc3)cc2)OC1=O. The number of benzene rings is 2. The molecular formula is C21H17N3O4. The van der Waals surface area contributed by atoms with Crippen LogP contribution < -0.4 is 11.2 Å². The number of esters is 1. The van der Waals surface area contributed by atoms with Gasteiger partial charge in [-0.3, -0.25) is 9.78 Å². The van der Waals surface area contributed by atoms with Crippen LogP contribution in [-0.2, 0) is 21.7 Å². The lowest BCUT2D eigenvalue weighted by molar-refractivity contribution is -0.148. The van der Waals surface area contributed by atoms with Gasteiger partial charge in [0.05, 0.1) is 6.54 Å². The van der Waals surface area contributed by atoms with Crippen LogP contribution in [0, 0.1) is 0 Å². The lowest BCUT2D eigenvalue weighted by Crippen LogP contribution is -2.40. The number of rotatable bonds is 4. The van der Waals surface area contributed by atoms with Gasteiger partial charge in [-0.05, 0) is 16.7 Å². The van der Waals surface area contributed by atoms with Crippen molar-refractivity contribution in [3.63, 3.8) is 0 Å². The second-order valence-corrected chi connectivity index (χ2v) is 6.70. The number of hydrogen-bond acceptors (Lipinski definition) is 5. The Morgan fingerprint density at radius 1 is 1.04 bits per heavy atom. The minimum Gasteiger partial charge on any atom is -0.448 e. The first kappa shape index (κ1) is 17.7. The van der Waals surface area contributed by atoms with E-state index in [2.05, 4.69) is 16.7 Å². The molecule has 0 amide bonds. The molecule has 0 bridgehead atoms. The first-order valence-electron chi connectivity index (χ1n) is 8.70. The molecule has 1 atom stereocenters. The van der Waals surface area contributed by atoms with Gasteiger partial charge < -0.3 is 4.74 Å². The molecular weight excluding hydrogens is 358 g/mol. The maximum absolute atomic E-state index is 12.1. The first-order valence-corrected chi connectivity index (χ1v) is 8.70. The quantitative estimate of drug-likeness (QED) is 0.556. The van der Waals surface area contributed by atoms with Gasteiger partial charge in [0.1, 0.15) is 6.20 Å². The van der Waals surface area contributed by atoms with E-state index in [-0.39, 0.29) is 13.0 Å². The molecule has 2 heterocycles. The van der Waals surface area contributed by atoms with Crippen molar-refractivity contribution < 1.29 is 9.53 Å². The summed E-state index contributed by atoms with van der Waals surface area (Å²) in [6.45, 7) is 3.73. The van der Waals surface area contributed by atoms with E-state index in [0.717, 1.165) is 27.6 Å². The second kappa shape index (κ2) is 6.77. The Morgan fingerprint density at radius 3 is 2.32 bits per heavy atom. The van der Waals surface area contributed by atoms with E-state index >= 15 is 0 Å². The lowest BCUT2D eigenvalue weighted by atomic mass is 9.88. The molecule has 1 N–H and O–H groups in total. The van der Waals surface area contributed by atoms with Gasteiger partial charge in [-0.1, -0.05) is 61.2 Å². The van der Waals surface area contributed by atoms with Gasteiger partial charge in [0.25, 0.3) is 5.56 Å². The molecule has 1 unspecified atom stereocenters. The number of cyclic esters (lactones) is 1. The average Bonchev–Trinajstić information content (AvgIpc) is 2.99. The molecule has 0 saturated carbocycles. The summed E-state index contributed by atoms with van der Waals surface area (Å²) < 4.78 is 6.73. The number of hydrogen-bond donors (Lipinski definition) is 1. The molecule has 0 radical (unpaired) electrons. The molecule has 1 aliphatic heterocycles. The molecule has 140 valence electrons. The smallest absolute Gasteiger partial charge is 0.344 e. The first-order chi connectivity index (χ1) is 13.5. The highest BCUT2D eigenvalue weighted by molar-refractivity contribution is 5.90. The van der Waals surface area contributed by atoms with Crippen LogP contribution in [0.15, 0.2) is 82.5 Å². The standard InChI is InChI=1S/C21H17N3O4/c1-14-11-21(28-19(14)26,13-24-20(27)23-18(25)12-22-24)17-9-7-16(8-10-17)15-5-3-2-4-6-15/h2-10,12H,1,11,13H2,(H,23,25,27). The summed E-state index contributed by atoms with van der Waals surface area (Å²) in [5.74, 6) is -0.510. The predicted octanol–water partition coefficient (Wildman–Crippen LogP) is 2.00. The van der Waals surface area contributed by atoms with E-state index in [1.165, 1.54) is 0 Å². The Hall–Kier alpha value is -3.74. The number of carbonyl (C=O) groups is 1. The minimum atomic E-state index is -1.11. The van der Waals surface area contributed by atoms with Gasteiger partial charge in [-0.25, -0.2) is 14.3 Å². The second-order valence-electron chi connectivity index (χ2n) is 6.70. The molecule has 1 aliphatic rings. The average molecular weight is 375 g/mol. The topological polar surface area (TPSA) is 94.1 Å². The van der Waals surface area contributed by atoms with Crippen LogP contribution in [0.25, 0.3) is 11.1 Å². The fourth-order valence-corrected chi connectivity index (χ4v) is 3.37. The molecule has 3 aromatic rings. The Morgan fingerprint density at radius 2 is 1.71 bits per heavy atom. The van der Waals surface area contributed by atoms with Crippen molar-refractivity contribution in [2.24, 2.45) is 0 Å². The number of ether oxygens (including phenoxy) is 1. The maximum atomic E-state index is 12.1. The zero-order valence-corrected chi connectivity index (χ0v) is 14.9. The van der Waals surface area contributed by atoms with Crippen molar-refractivity contribution in [3.05, 3.63) is 99.3 Å². The normalized spacial score (nSPS) is 18.9. The van der Waals surface area contributed by atoms with Crippen LogP contribution in [0.3, 0.4) is 0 Å². The summed E-state index contributed by atoms with van der Waals surface area (Å²) in [5.41, 5.74) is 0.759. The number of H-pyrrole nitrogens is 1. The van der Waals surface area contributed by atoms with Crippen molar-refractivity contribution in [2.75, 3.05) is 0 Å². The predicted molar refractivity (Wildman–Crippen MR) is 103 cm³/mol. The summed E-state index contributed by atoms with van der Waals surface area (Å²) in [4.78, 5) is 37.6. The van der Waals surface area contributed by atoms with Gasteiger partial charge in [0, 0.05) is 12.0 Å². The van der Waals surface area contributed by atoms with Crippen LogP contribution in [0.4, 0.5) is 0 Å². The molecule has 0 aliphatic carbocycles. The molecule has 1 fully saturated rings. The zero-order valence-electron chi connectivity index (χ0n) is 14.9. The van der Waals surface area contributed by atoms with Crippen LogP contribution in [0.5, 0.6) is 0 Å². The molecule has 0 spiro atoms. The van der Waals surface area contributed by atoms with Crippen molar-refractivity contribution in [3.8, 4) is 11.1 Å². The van der Waals surface area contributed by atoms with Gasteiger partial charge in [0.15, 0.2) is 5.60 Å². The maximum Gasteiger partial charge on any atom is 0.344 e. The van der Waals surface area contributed by atoms with Gasteiger partial charge in [-0.2, -0.15) is 5.10 Å². The van der Waals surface area contributed by atoms with Crippen molar-refractivity contribution >= 4 is 5.97 Å². The third-order valence-corrected chi connectivity index (χ3v) is 4.78. The molecule has 7 heteroatoms. The Kier molecular flexibility index (Phi) is 4.27. The monoisotopic (exact) mass is 375 g/mol. The fraction of sp³-hybridized carbons (Fsp3) is 0.143. The van der Waals surface area contributed by atoms with E-state index in [1.54, 1.807) is 0 Å². The summed E-state index contributed by atoms with van der Waals surface area (Å²) in [6.07, 6.45) is 1.24. The molecule has 28 heavy (non-hydrogen) atoms. The molecule has 2 aromatic carbocycles. The molecule has 4 rings (SSSR count). The van der Waals surface area contributed by atoms with Crippen molar-refractivity contribution in [1.82, 2.24) is 14.8 Å².